The van der Waals surface area contributed by atoms with Gasteiger partial charge < -0.3 is 20.2 Å². The Hall–Kier alpha value is -2.25. The van der Waals surface area contributed by atoms with Crippen LogP contribution in [-0.2, 0) is 0 Å². The third kappa shape index (κ3) is 3.45. The van der Waals surface area contributed by atoms with Crippen molar-refractivity contribution in [2.45, 2.75) is 6.92 Å². The van der Waals surface area contributed by atoms with E-state index in [0.29, 0.717) is 39.7 Å². The van der Waals surface area contributed by atoms with Crippen LogP contribution in [-0.4, -0.2) is 24.2 Å². The van der Waals surface area contributed by atoms with Gasteiger partial charge in [-0.15, -0.1) is 0 Å². The molecule has 1 aromatic heterocycles. The van der Waals surface area contributed by atoms with Gasteiger partial charge in [0.15, 0.2) is 0 Å². The highest BCUT2D eigenvalue weighted by Gasteiger charge is 2.11. The van der Waals surface area contributed by atoms with Crippen molar-refractivity contribution in [3.8, 4) is 11.5 Å². The first-order chi connectivity index (χ1) is 10.1. The standard InChI is InChI=1S/C13H16ClN5O2/c1-7-16-12(6-13(17-7)19-15)18-9-4-8(14)10(20-2)5-11(9)21-3/h4-6H,15H2,1-3H3,(H2,16,17,18,19). The number of nitrogen functional groups attached to an aromatic ring is 1. The Morgan fingerprint density at radius 2 is 1.71 bits per heavy atom. The summed E-state index contributed by atoms with van der Waals surface area (Å²) in [7, 11) is 3.10. The lowest BCUT2D eigenvalue weighted by atomic mass is 10.2. The van der Waals surface area contributed by atoms with Crippen LogP contribution in [0.25, 0.3) is 0 Å². The number of rotatable bonds is 5. The van der Waals surface area contributed by atoms with Crippen LogP contribution in [0.1, 0.15) is 5.82 Å². The number of nitrogens with one attached hydrogen (secondary N) is 2. The first-order valence-corrected chi connectivity index (χ1v) is 6.46. The summed E-state index contributed by atoms with van der Waals surface area (Å²) in [6.45, 7) is 1.77. The maximum absolute atomic E-state index is 6.13. The zero-order chi connectivity index (χ0) is 15.4. The van der Waals surface area contributed by atoms with Crippen LogP contribution in [0.2, 0.25) is 5.02 Å². The van der Waals surface area contributed by atoms with Gasteiger partial charge in [0, 0.05) is 12.1 Å². The molecule has 0 aliphatic heterocycles. The predicted octanol–water partition coefficient (Wildman–Crippen LogP) is 2.48. The Labute approximate surface area is 127 Å². The average Bonchev–Trinajstić information content (AvgIpc) is 2.47. The fourth-order valence-electron chi connectivity index (χ4n) is 1.80. The normalized spacial score (nSPS) is 10.1. The quantitative estimate of drug-likeness (QED) is 0.577. The Kier molecular flexibility index (Phi) is 4.66. The summed E-state index contributed by atoms with van der Waals surface area (Å²) in [5, 5.41) is 3.58. The van der Waals surface area contributed by atoms with Crippen molar-refractivity contribution >= 4 is 28.9 Å². The first kappa shape index (κ1) is 15.1. The second-order valence-corrected chi connectivity index (χ2v) is 4.55. The third-order valence-corrected chi connectivity index (χ3v) is 3.02. The maximum Gasteiger partial charge on any atom is 0.146 e. The minimum absolute atomic E-state index is 0.462. The van der Waals surface area contributed by atoms with Gasteiger partial charge in [0.1, 0.15) is 29.0 Å². The number of hydrogen-bond acceptors (Lipinski definition) is 7. The molecule has 0 bridgehead atoms. The number of aryl methyl sites for hydroxylation is 1. The van der Waals surface area contributed by atoms with Crippen LogP contribution in [0, 0.1) is 6.92 Å². The summed E-state index contributed by atoms with van der Waals surface area (Å²) < 4.78 is 10.5. The van der Waals surface area contributed by atoms with Crippen molar-refractivity contribution in [1.82, 2.24) is 9.97 Å². The topological polar surface area (TPSA) is 94.3 Å². The molecule has 1 heterocycles. The predicted molar refractivity (Wildman–Crippen MR) is 82.4 cm³/mol. The molecular weight excluding hydrogens is 294 g/mol. The van der Waals surface area contributed by atoms with Gasteiger partial charge in [0.25, 0.3) is 0 Å². The van der Waals surface area contributed by atoms with Crippen LogP contribution in [0.4, 0.5) is 17.3 Å². The monoisotopic (exact) mass is 309 g/mol. The van der Waals surface area contributed by atoms with E-state index in [1.807, 2.05) is 0 Å². The largest absolute Gasteiger partial charge is 0.495 e. The maximum atomic E-state index is 6.13. The van der Waals surface area contributed by atoms with Gasteiger partial charge in [-0.05, 0) is 13.0 Å². The lowest BCUT2D eigenvalue weighted by Crippen LogP contribution is -2.10. The summed E-state index contributed by atoms with van der Waals surface area (Å²) in [6, 6.07) is 5.07. The highest BCUT2D eigenvalue weighted by atomic mass is 35.5. The number of methoxy groups -OCH3 is 2. The second kappa shape index (κ2) is 6.47. The average molecular weight is 310 g/mol. The number of hydrogen-bond donors (Lipinski definition) is 3. The zero-order valence-corrected chi connectivity index (χ0v) is 12.7. The van der Waals surface area contributed by atoms with Gasteiger partial charge in [-0.3, -0.25) is 0 Å². The highest BCUT2D eigenvalue weighted by Crippen LogP contribution is 2.37. The van der Waals surface area contributed by atoms with E-state index < -0.39 is 0 Å². The van der Waals surface area contributed by atoms with Crippen LogP contribution >= 0.6 is 11.6 Å². The second-order valence-electron chi connectivity index (χ2n) is 4.14. The molecule has 0 unspecified atom stereocenters. The summed E-state index contributed by atoms with van der Waals surface area (Å²) in [6.07, 6.45) is 0. The van der Waals surface area contributed by atoms with Gasteiger partial charge in [0.2, 0.25) is 0 Å². The van der Waals surface area contributed by atoms with Crippen LogP contribution in [0.15, 0.2) is 18.2 Å². The van der Waals surface area contributed by atoms with Crippen molar-refractivity contribution in [3.63, 3.8) is 0 Å². The molecule has 8 heteroatoms. The number of nitrogens with zero attached hydrogens (tertiary/aromatic N) is 2. The van der Waals surface area contributed by atoms with Gasteiger partial charge in [-0.25, -0.2) is 15.8 Å². The van der Waals surface area contributed by atoms with Crippen molar-refractivity contribution in [2.75, 3.05) is 25.0 Å². The smallest absolute Gasteiger partial charge is 0.146 e. The fraction of sp³-hybridized carbons (Fsp3) is 0.231. The van der Waals surface area contributed by atoms with E-state index in [4.69, 9.17) is 26.9 Å². The zero-order valence-electron chi connectivity index (χ0n) is 11.9. The summed E-state index contributed by atoms with van der Waals surface area (Å²) >= 11 is 6.13. The van der Waals surface area contributed by atoms with Gasteiger partial charge in [-0.1, -0.05) is 11.6 Å². The lowest BCUT2D eigenvalue weighted by molar-refractivity contribution is 0.396. The minimum atomic E-state index is 0.462. The molecule has 0 spiro atoms. The molecule has 2 aromatic rings. The van der Waals surface area contributed by atoms with Crippen molar-refractivity contribution in [2.24, 2.45) is 5.84 Å². The van der Waals surface area contributed by atoms with Gasteiger partial charge in [-0.2, -0.15) is 0 Å². The molecule has 21 heavy (non-hydrogen) atoms. The molecule has 0 aliphatic carbocycles. The van der Waals surface area contributed by atoms with E-state index in [-0.39, 0.29) is 0 Å². The molecule has 4 N–H and O–H groups in total. The molecule has 0 saturated heterocycles. The first-order valence-electron chi connectivity index (χ1n) is 6.08. The highest BCUT2D eigenvalue weighted by molar-refractivity contribution is 6.32. The van der Waals surface area contributed by atoms with Crippen LogP contribution < -0.4 is 26.1 Å². The molecule has 1 aromatic carbocycles. The Bertz CT molecular complexity index is 651. The van der Waals surface area contributed by atoms with E-state index in [0.717, 1.165) is 0 Å². The molecule has 0 radical (unpaired) electrons. The molecule has 0 atom stereocenters. The van der Waals surface area contributed by atoms with E-state index in [9.17, 15) is 0 Å². The minimum Gasteiger partial charge on any atom is -0.495 e. The number of hydrazine groups is 1. The molecule has 0 fully saturated rings. The number of halogens is 1. The molecule has 0 saturated carbocycles. The summed E-state index contributed by atoms with van der Waals surface area (Å²) in [5.74, 6) is 8.12. The van der Waals surface area contributed by atoms with E-state index in [2.05, 4.69) is 20.7 Å². The van der Waals surface area contributed by atoms with Gasteiger partial charge >= 0.3 is 0 Å². The van der Waals surface area contributed by atoms with E-state index in [1.165, 1.54) is 0 Å². The van der Waals surface area contributed by atoms with E-state index >= 15 is 0 Å². The van der Waals surface area contributed by atoms with Crippen molar-refractivity contribution < 1.29 is 9.47 Å². The van der Waals surface area contributed by atoms with Crippen LogP contribution in [0.5, 0.6) is 11.5 Å². The number of ether oxygens (including phenoxy) is 2. The van der Waals surface area contributed by atoms with Crippen molar-refractivity contribution in [3.05, 3.63) is 29.0 Å². The summed E-state index contributed by atoms with van der Waals surface area (Å²) in [4.78, 5) is 8.39. The Morgan fingerprint density at radius 3 is 2.33 bits per heavy atom. The number of benzene rings is 1. The lowest BCUT2D eigenvalue weighted by Gasteiger charge is -2.14. The molecule has 112 valence electrons. The molecule has 2 rings (SSSR count). The molecule has 7 nitrogen and oxygen atoms in total. The summed E-state index contributed by atoms with van der Waals surface area (Å²) in [5.41, 5.74) is 3.14. The van der Waals surface area contributed by atoms with Crippen molar-refractivity contribution in [1.29, 1.82) is 0 Å². The molecular formula is C13H16ClN5O2. The SMILES string of the molecule is COc1cc(OC)c(Nc2cc(NN)nc(C)n2)cc1Cl. The van der Waals surface area contributed by atoms with Gasteiger partial charge in [0.05, 0.1) is 24.9 Å². The number of aromatic nitrogens is 2. The fourth-order valence-corrected chi connectivity index (χ4v) is 2.04. The molecule has 0 amide bonds. The number of anilines is 3. The van der Waals surface area contributed by atoms with Crippen LogP contribution in [0.3, 0.4) is 0 Å². The number of nitrogens with two attached hydrogens (primary N) is 1. The third-order valence-electron chi connectivity index (χ3n) is 2.72. The van der Waals surface area contributed by atoms with E-state index in [1.54, 1.807) is 39.3 Å². The Morgan fingerprint density at radius 1 is 1.05 bits per heavy atom. The molecule has 0 aliphatic rings. The Balaban J connectivity index is 2.39.